The number of nitriles is 1. The molecule has 0 aromatic carbocycles. The molecule has 13 heavy (non-hydrogen) atoms. The van der Waals surface area contributed by atoms with Crippen molar-refractivity contribution in [3.8, 4) is 6.07 Å². The van der Waals surface area contributed by atoms with E-state index in [1.165, 1.54) is 0 Å². The average Bonchev–Trinajstić information content (AvgIpc) is 2.19. The Labute approximate surface area is 76.6 Å². The largest absolute Gasteiger partial charge is 0.354 e. The summed E-state index contributed by atoms with van der Waals surface area (Å²) in [6, 6.07) is 3.51. The smallest absolute Gasteiger partial charge is 0.223 e. The lowest BCUT2D eigenvalue weighted by Gasteiger charge is -2.01. The molecule has 1 aromatic rings. The van der Waals surface area contributed by atoms with Crippen molar-refractivity contribution in [3.63, 3.8) is 0 Å². The molecule has 1 aromatic heterocycles. The minimum Gasteiger partial charge on any atom is -0.354 e. The average molecular weight is 177 g/mol. The Hall–Kier alpha value is -1.67. The van der Waals surface area contributed by atoms with Crippen molar-refractivity contribution in [3.05, 3.63) is 18.0 Å². The molecule has 0 saturated heterocycles. The van der Waals surface area contributed by atoms with E-state index in [4.69, 9.17) is 11.0 Å². The molecule has 1 heterocycles. The topological polar surface area (TPSA) is 87.6 Å². The molecule has 0 amide bonds. The van der Waals surface area contributed by atoms with E-state index in [0.717, 1.165) is 13.0 Å². The van der Waals surface area contributed by atoms with Crippen LogP contribution in [0.15, 0.2) is 12.3 Å². The van der Waals surface area contributed by atoms with Gasteiger partial charge in [0.2, 0.25) is 5.95 Å². The number of nitrogens with one attached hydrogen (secondary N) is 1. The summed E-state index contributed by atoms with van der Waals surface area (Å²) < 4.78 is 0. The summed E-state index contributed by atoms with van der Waals surface area (Å²) in [6.45, 7) is 1.36. The zero-order valence-electron chi connectivity index (χ0n) is 7.20. The number of nitrogens with two attached hydrogens (primary N) is 1. The molecule has 0 aliphatic carbocycles. The maximum Gasteiger partial charge on any atom is 0.223 e. The fourth-order valence-electron chi connectivity index (χ4n) is 0.808. The minimum absolute atomic E-state index is 0.366. The zero-order valence-corrected chi connectivity index (χ0v) is 7.20. The van der Waals surface area contributed by atoms with Crippen molar-refractivity contribution in [1.82, 2.24) is 9.97 Å². The number of rotatable bonds is 4. The molecule has 1 rings (SSSR count). The van der Waals surface area contributed by atoms with Gasteiger partial charge in [-0.25, -0.2) is 9.97 Å². The lowest BCUT2D eigenvalue weighted by molar-refractivity contribution is 0.863. The van der Waals surface area contributed by atoms with Gasteiger partial charge in [-0.05, 0) is 19.0 Å². The quantitative estimate of drug-likeness (QED) is 0.637. The summed E-state index contributed by atoms with van der Waals surface area (Å²) in [5.74, 6) is 0.479. The van der Waals surface area contributed by atoms with Crippen LogP contribution in [-0.2, 0) is 0 Å². The van der Waals surface area contributed by atoms with Crippen molar-refractivity contribution in [1.29, 1.82) is 5.26 Å². The molecule has 0 spiro atoms. The van der Waals surface area contributed by atoms with Gasteiger partial charge in [0.15, 0.2) is 0 Å². The van der Waals surface area contributed by atoms with Gasteiger partial charge in [0.25, 0.3) is 0 Å². The lowest BCUT2D eigenvalue weighted by atomic mass is 10.4. The first-order valence-corrected chi connectivity index (χ1v) is 4.04. The molecule has 0 saturated carbocycles. The molecule has 0 bridgehead atoms. The third kappa shape index (κ3) is 3.05. The summed E-state index contributed by atoms with van der Waals surface area (Å²) in [5.41, 5.74) is 5.68. The minimum atomic E-state index is 0.366. The predicted molar refractivity (Wildman–Crippen MR) is 48.9 cm³/mol. The van der Waals surface area contributed by atoms with E-state index >= 15 is 0 Å². The van der Waals surface area contributed by atoms with Crippen LogP contribution in [0.1, 0.15) is 12.1 Å². The number of nitrogens with zero attached hydrogens (tertiary/aromatic N) is 3. The predicted octanol–water partition coefficient (Wildman–Crippen LogP) is 0.109. The monoisotopic (exact) mass is 177 g/mol. The summed E-state index contributed by atoms with van der Waals surface area (Å²) in [4.78, 5) is 7.88. The Bertz CT molecular complexity index is 304. The van der Waals surface area contributed by atoms with E-state index < -0.39 is 0 Å². The van der Waals surface area contributed by atoms with Crippen molar-refractivity contribution in [2.45, 2.75) is 6.42 Å². The SMILES string of the molecule is N#Cc1ccnc(NCCCN)n1. The van der Waals surface area contributed by atoms with E-state index in [-0.39, 0.29) is 0 Å². The number of anilines is 1. The van der Waals surface area contributed by atoms with Gasteiger partial charge in [0.1, 0.15) is 11.8 Å². The van der Waals surface area contributed by atoms with Crippen molar-refractivity contribution < 1.29 is 0 Å². The molecule has 0 atom stereocenters. The molecule has 0 fully saturated rings. The van der Waals surface area contributed by atoms with Gasteiger partial charge < -0.3 is 11.1 Å². The maximum absolute atomic E-state index is 8.55. The van der Waals surface area contributed by atoms with E-state index in [1.54, 1.807) is 12.3 Å². The Morgan fingerprint density at radius 1 is 1.62 bits per heavy atom. The van der Waals surface area contributed by atoms with Crippen molar-refractivity contribution in [2.75, 3.05) is 18.4 Å². The summed E-state index contributed by atoms with van der Waals surface area (Å²) in [7, 11) is 0. The molecule has 0 aliphatic rings. The molecule has 5 nitrogen and oxygen atoms in total. The lowest BCUT2D eigenvalue weighted by Crippen LogP contribution is -2.10. The second kappa shape index (κ2) is 5.06. The van der Waals surface area contributed by atoms with Crippen LogP contribution in [0, 0.1) is 11.3 Å². The number of aromatic nitrogens is 2. The van der Waals surface area contributed by atoms with Crippen LogP contribution in [0.25, 0.3) is 0 Å². The number of hydrogen-bond acceptors (Lipinski definition) is 5. The van der Waals surface area contributed by atoms with Gasteiger partial charge in [-0.15, -0.1) is 0 Å². The van der Waals surface area contributed by atoms with Crippen LogP contribution >= 0.6 is 0 Å². The third-order valence-corrected chi connectivity index (χ3v) is 1.43. The Morgan fingerprint density at radius 2 is 2.46 bits per heavy atom. The van der Waals surface area contributed by atoms with Crippen molar-refractivity contribution >= 4 is 5.95 Å². The Kier molecular flexibility index (Phi) is 3.67. The fraction of sp³-hybridized carbons (Fsp3) is 0.375. The summed E-state index contributed by atoms with van der Waals surface area (Å²) in [5, 5.41) is 11.5. The van der Waals surface area contributed by atoms with Crippen LogP contribution in [0.2, 0.25) is 0 Å². The van der Waals surface area contributed by atoms with E-state index in [0.29, 0.717) is 18.2 Å². The second-order valence-corrected chi connectivity index (χ2v) is 2.45. The number of hydrogen-bond donors (Lipinski definition) is 2. The summed E-state index contributed by atoms with van der Waals surface area (Å²) in [6.07, 6.45) is 2.41. The van der Waals surface area contributed by atoms with Gasteiger partial charge in [-0.1, -0.05) is 0 Å². The van der Waals surface area contributed by atoms with Gasteiger partial charge >= 0.3 is 0 Å². The van der Waals surface area contributed by atoms with Crippen LogP contribution in [0.5, 0.6) is 0 Å². The fourth-order valence-corrected chi connectivity index (χ4v) is 0.808. The highest BCUT2D eigenvalue weighted by molar-refractivity contribution is 5.29. The molecular formula is C8H11N5. The van der Waals surface area contributed by atoms with Crippen LogP contribution in [-0.4, -0.2) is 23.1 Å². The van der Waals surface area contributed by atoms with E-state index in [1.807, 2.05) is 6.07 Å². The molecule has 3 N–H and O–H groups in total. The van der Waals surface area contributed by atoms with E-state index in [2.05, 4.69) is 15.3 Å². The van der Waals surface area contributed by atoms with Gasteiger partial charge in [-0.2, -0.15) is 5.26 Å². The third-order valence-electron chi connectivity index (χ3n) is 1.43. The van der Waals surface area contributed by atoms with E-state index in [9.17, 15) is 0 Å². The normalized spacial score (nSPS) is 9.23. The maximum atomic E-state index is 8.55. The Balaban J connectivity index is 2.52. The Morgan fingerprint density at radius 3 is 3.15 bits per heavy atom. The van der Waals surface area contributed by atoms with Crippen LogP contribution in [0.3, 0.4) is 0 Å². The van der Waals surface area contributed by atoms with Gasteiger partial charge in [0, 0.05) is 12.7 Å². The highest BCUT2D eigenvalue weighted by Crippen LogP contribution is 1.98. The molecule has 0 aliphatic heterocycles. The highest BCUT2D eigenvalue weighted by Gasteiger charge is 1.95. The van der Waals surface area contributed by atoms with Crippen LogP contribution in [0.4, 0.5) is 5.95 Å². The van der Waals surface area contributed by atoms with Gasteiger partial charge in [0.05, 0.1) is 0 Å². The van der Waals surface area contributed by atoms with Crippen LogP contribution < -0.4 is 11.1 Å². The molecule has 5 heteroatoms. The first-order chi connectivity index (χ1) is 6.36. The first-order valence-electron chi connectivity index (χ1n) is 4.04. The van der Waals surface area contributed by atoms with Gasteiger partial charge in [-0.3, -0.25) is 0 Å². The molecular weight excluding hydrogens is 166 g/mol. The second-order valence-electron chi connectivity index (χ2n) is 2.45. The molecule has 0 radical (unpaired) electrons. The zero-order chi connectivity index (χ0) is 9.52. The first kappa shape index (κ1) is 9.42. The standard InChI is InChI=1S/C8H11N5/c9-3-1-4-11-8-12-5-2-7(6-10)13-8/h2,5H,1,3-4,9H2,(H,11,12,13). The summed E-state index contributed by atoms with van der Waals surface area (Å²) >= 11 is 0. The highest BCUT2D eigenvalue weighted by atomic mass is 15.1. The van der Waals surface area contributed by atoms with Crippen molar-refractivity contribution in [2.24, 2.45) is 5.73 Å². The molecule has 68 valence electrons. The molecule has 0 unspecified atom stereocenters.